The van der Waals surface area contributed by atoms with E-state index in [0.29, 0.717) is 24.5 Å². The molecule has 3 rings (SSSR count). The highest BCUT2D eigenvalue weighted by Gasteiger charge is 2.31. The number of hydrogen-bond donors (Lipinski definition) is 2. The Kier molecular flexibility index (Phi) is 11.6. The highest BCUT2D eigenvalue weighted by Crippen LogP contribution is 2.29. The van der Waals surface area contributed by atoms with Gasteiger partial charge in [0.2, 0.25) is 10.0 Å². The van der Waals surface area contributed by atoms with Crippen molar-refractivity contribution in [2.45, 2.75) is 58.3 Å². The van der Waals surface area contributed by atoms with Gasteiger partial charge in [-0.25, -0.2) is 8.42 Å². The zero-order valence-electron chi connectivity index (χ0n) is 24.6. The molecule has 1 aliphatic heterocycles. The van der Waals surface area contributed by atoms with E-state index in [2.05, 4.69) is 4.72 Å². The van der Waals surface area contributed by atoms with Crippen molar-refractivity contribution in [3.63, 3.8) is 0 Å². The van der Waals surface area contributed by atoms with E-state index in [0.717, 1.165) is 25.5 Å². The largest absolute Gasteiger partial charge is 0.490 e. The van der Waals surface area contributed by atoms with E-state index in [4.69, 9.17) is 9.47 Å². The van der Waals surface area contributed by atoms with Gasteiger partial charge in [-0.1, -0.05) is 25.1 Å². The number of aliphatic hydroxyl groups is 1. The molecular weight excluding hydrogens is 546 g/mol. The molecule has 0 radical (unpaired) electrons. The van der Waals surface area contributed by atoms with Crippen LogP contribution in [0.4, 0.5) is 5.69 Å². The fraction of sp³-hybridized carbons (Fsp3) is 0.533. The average Bonchev–Trinajstić information content (AvgIpc) is 2.93. The Balaban J connectivity index is 1.95. The van der Waals surface area contributed by atoms with Crippen LogP contribution in [0.3, 0.4) is 0 Å². The highest BCUT2D eigenvalue weighted by atomic mass is 32.2. The standard InChI is InChI=1S/C30H43N3O7S/c1-21-18-33(22(2)20-34)30(36)26-17-25(31-41(5,37)38)14-15-27(26)40-23(3)11-9-10-16-39-28(21)19-32(4)29(35)24-12-7-6-8-13-24/h6-8,12-15,17,21-23,28,31,34H,9-11,16,18-20H2,1-5H3/t21-,22-,23+,28+/m0/s1. The minimum absolute atomic E-state index is 0.122. The van der Waals surface area contributed by atoms with Crippen LogP contribution in [0.15, 0.2) is 48.5 Å². The molecule has 0 fully saturated rings. The van der Waals surface area contributed by atoms with Gasteiger partial charge in [0.25, 0.3) is 11.8 Å². The average molecular weight is 590 g/mol. The SMILES string of the molecule is C[C@@H]1CCCCO[C@H](CN(C)C(=O)c2ccccc2)[C@@H](C)CN([C@@H](C)CO)C(=O)c2cc(NS(C)(=O)=O)ccc2O1. The first kappa shape index (κ1) is 32.4. The fourth-order valence-electron chi connectivity index (χ4n) is 4.82. The summed E-state index contributed by atoms with van der Waals surface area (Å²) in [6.45, 7) is 6.41. The quantitative estimate of drug-likeness (QED) is 0.505. The molecule has 41 heavy (non-hydrogen) atoms. The van der Waals surface area contributed by atoms with Crippen LogP contribution < -0.4 is 9.46 Å². The van der Waals surface area contributed by atoms with E-state index in [1.54, 1.807) is 48.0 Å². The number of nitrogens with one attached hydrogen (secondary N) is 1. The van der Waals surface area contributed by atoms with E-state index in [1.165, 1.54) is 6.07 Å². The van der Waals surface area contributed by atoms with Crippen molar-refractivity contribution < 1.29 is 32.6 Å². The number of hydrogen-bond acceptors (Lipinski definition) is 7. The second-order valence-corrected chi connectivity index (χ2v) is 12.7. The summed E-state index contributed by atoms with van der Waals surface area (Å²) in [4.78, 5) is 30.3. The van der Waals surface area contributed by atoms with E-state index >= 15 is 0 Å². The Morgan fingerprint density at radius 2 is 1.88 bits per heavy atom. The van der Waals surface area contributed by atoms with Crippen LogP contribution in [0.5, 0.6) is 5.75 Å². The van der Waals surface area contributed by atoms with Gasteiger partial charge in [0.15, 0.2) is 0 Å². The molecule has 0 saturated carbocycles. The maximum Gasteiger partial charge on any atom is 0.258 e. The molecule has 0 unspecified atom stereocenters. The molecule has 1 aliphatic rings. The van der Waals surface area contributed by atoms with Crippen molar-refractivity contribution >= 4 is 27.5 Å². The van der Waals surface area contributed by atoms with Crippen molar-refractivity contribution in [2.24, 2.45) is 5.92 Å². The number of nitrogens with zero attached hydrogens (tertiary/aromatic N) is 2. The molecule has 2 amide bonds. The van der Waals surface area contributed by atoms with Crippen molar-refractivity contribution in [2.75, 3.05) is 44.3 Å². The van der Waals surface area contributed by atoms with E-state index in [-0.39, 0.29) is 48.4 Å². The predicted molar refractivity (Wildman–Crippen MR) is 159 cm³/mol. The number of amides is 2. The van der Waals surface area contributed by atoms with Gasteiger partial charge < -0.3 is 24.4 Å². The van der Waals surface area contributed by atoms with Gasteiger partial charge in [-0.15, -0.1) is 0 Å². The second kappa shape index (κ2) is 14.7. The first-order valence-corrected chi connectivity index (χ1v) is 15.9. The molecule has 11 heteroatoms. The third-order valence-electron chi connectivity index (χ3n) is 7.18. The van der Waals surface area contributed by atoms with Gasteiger partial charge in [0.1, 0.15) is 5.75 Å². The van der Waals surface area contributed by atoms with Crippen LogP contribution in [0.25, 0.3) is 0 Å². The summed E-state index contributed by atoms with van der Waals surface area (Å²) in [6, 6.07) is 13.1. The molecule has 0 bridgehead atoms. The fourth-order valence-corrected chi connectivity index (χ4v) is 5.37. The van der Waals surface area contributed by atoms with E-state index in [1.807, 2.05) is 32.0 Å². The first-order valence-electron chi connectivity index (χ1n) is 14.0. The molecule has 0 spiro atoms. The molecule has 2 N–H and O–H groups in total. The third-order valence-corrected chi connectivity index (χ3v) is 7.78. The summed E-state index contributed by atoms with van der Waals surface area (Å²) in [5.41, 5.74) is 1.02. The van der Waals surface area contributed by atoms with Crippen molar-refractivity contribution in [1.82, 2.24) is 9.80 Å². The first-order chi connectivity index (χ1) is 19.4. The minimum Gasteiger partial charge on any atom is -0.490 e. The van der Waals surface area contributed by atoms with Gasteiger partial charge in [-0.2, -0.15) is 0 Å². The number of anilines is 1. The molecule has 0 aromatic heterocycles. The van der Waals surface area contributed by atoms with E-state index in [9.17, 15) is 23.1 Å². The molecular formula is C30H43N3O7S. The number of benzene rings is 2. The summed E-state index contributed by atoms with van der Waals surface area (Å²) in [5.74, 6) is -0.379. The maximum absolute atomic E-state index is 14.1. The number of fused-ring (bicyclic) bond motifs is 1. The topological polar surface area (TPSA) is 125 Å². The van der Waals surface area contributed by atoms with Gasteiger partial charge in [0, 0.05) is 43.9 Å². The van der Waals surface area contributed by atoms with Crippen LogP contribution in [0.1, 0.15) is 60.7 Å². The van der Waals surface area contributed by atoms with Crippen LogP contribution in [-0.2, 0) is 14.8 Å². The second-order valence-electron chi connectivity index (χ2n) is 10.9. The monoisotopic (exact) mass is 589 g/mol. The molecule has 0 saturated heterocycles. The smallest absolute Gasteiger partial charge is 0.258 e. The normalized spacial score (nSPS) is 21.7. The lowest BCUT2D eigenvalue weighted by Gasteiger charge is -2.36. The Bertz CT molecular complexity index is 1270. The van der Waals surface area contributed by atoms with Crippen molar-refractivity contribution in [1.29, 1.82) is 0 Å². The zero-order valence-corrected chi connectivity index (χ0v) is 25.4. The van der Waals surface area contributed by atoms with E-state index < -0.39 is 22.0 Å². The van der Waals surface area contributed by atoms with Gasteiger partial charge in [-0.3, -0.25) is 14.3 Å². The van der Waals surface area contributed by atoms with Crippen LogP contribution >= 0.6 is 0 Å². The third kappa shape index (κ3) is 9.44. The Labute approximate surface area is 243 Å². The predicted octanol–water partition coefficient (Wildman–Crippen LogP) is 3.63. The molecule has 4 atom stereocenters. The van der Waals surface area contributed by atoms with Gasteiger partial charge in [-0.05, 0) is 63.4 Å². The molecule has 10 nitrogen and oxygen atoms in total. The number of likely N-dealkylation sites (N-methyl/N-ethyl adjacent to an activating group) is 1. The Hall–Kier alpha value is -3.15. The lowest BCUT2D eigenvalue weighted by atomic mass is 10.0. The molecule has 226 valence electrons. The molecule has 0 aliphatic carbocycles. The number of carbonyl (C=O) groups excluding carboxylic acids is 2. The summed E-state index contributed by atoms with van der Waals surface area (Å²) < 4.78 is 38.7. The summed E-state index contributed by atoms with van der Waals surface area (Å²) in [5, 5.41) is 10.1. The molecule has 1 heterocycles. The number of aliphatic hydroxyl groups excluding tert-OH is 1. The summed E-state index contributed by atoms with van der Waals surface area (Å²) in [6.07, 6.45) is 2.83. The minimum atomic E-state index is -3.57. The van der Waals surface area contributed by atoms with Gasteiger partial charge in [0.05, 0.1) is 36.7 Å². The van der Waals surface area contributed by atoms with Crippen LogP contribution in [-0.4, -0.2) is 93.0 Å². The Morgan fingerprint density at radius 1 is 1.17 bits per heavy atom. The number of rotatable bonds is 7. The van der Waals surface area contributed by atoms with Crippen LogP contribution in [0, 0.1) is 5.92 Å². The highest BCUT2D eigenvalue weighted by molar-refractivity contribution is 7.92. The number of carbonyl (C=O) groups is 2. The Morgan fingerprint density at radius 3 is 2.54 bits per heavy atom. The van der Waals surface area contributed by atoms with Crippen LogP contribution in [0.2, 0.25) is 0 Å². The lowest BCUT2D eigenvalue weighted by molar-refractivity contribution is -0.0149. The molecule has 2 aromatic rings. The summed E-state index contributed by atoms with van der Waals surface area (Å²) in [7, 11) is -1.84. The number of sulfonamides is 1. The van der Waals surface area contributed by atoms with Gasteiger partial charge >= 0.3 is 0 Å². The summed E-state index contributed by atoms with van der Waals surface area (Å²) >= 11 is 0. The maximum atomic E-state index is 14.1. The molecule has 2 aromatic carbocycles. The van der Waals surface area contributed by atoms with Crippen molar-refractivity contribution in [3.8, 4) is 5.75 Å². The lowest BCUT2D eigenvalue weighted by Crippen LogP contribution is -2.48. The number of ether oxygens (including phenoxy) is 2. The zero-order chi connectivity index (χ0) is 30.2. The van der Waals surface area contributed by atoms with Crippen molar-refractivity contribution in [3.05, 3.63) is 59.7 Å².